The third-order valence-corrected chi connectivity index (χ3v) is 6.07. The van der Waals surface area contributed by atoms with E-state index in [4.69, 9.17) is 0 Å². The van der Waals surface area contributed by atoms with E-state index in [1.165, 1.54) is 30.2 Å². The molecule has 2 heterocycles. The molecule has 0 radical (unpaired) electrons. The number of fused-ring (bicyclic) bond motifs is 1. The second-order valence-electron chi connectivity index (χ2n) is 7.61. The molecule has 166 valence electrons. The van der Waals surface area contributed by atoms with Crippen molar-refractivity contribution in [1.82, 2.24) is 25.1 Å². The number of rotatable bonds is 7. The van der Waals surface area contributed by atoms with Crippen LogP contribution in [0, 0.1) is 5.82 Å². The number of carbonyl (C=O) groups is 2. The van der Waals surface area contributed by atoms with Crippen molar-refractivity contribution in [3.05, 3.63) is 72.4 Å². The monoisotopic (exact) mass is 462 g/mol. The summed E-state index contributed by atoms with van der Waals surface area (Å²) in [7, 11) is 0. The van der Waals surface area contributed by atoms with E-state index in [-0.39, 0.29) is 29.4 Å². The average Bonchev–Trinajstić information content (AvgIpc) is 3.53. The van der Waals surface area contributed by atoms with E-state index < -0.39 is 0 Å². The predicted molar refractivity (Wildman–Crippen MR) is 123 cm³/mol. The van der Waals surface area contributed by atoms with Gasteiger partial charge >= 0.3 is 0 Å². The number of hydrogen-bond acceptors (Lipinski definition) is 6. The molecule has 1 fully saturated rings. The topological polar surface area (TPSA) is 102 Å². The van der Waals surface area contributed by atoms with Gasteiger partial charge in [-0.3, -0.25) is 9.59 Å². The van der Waals surface area contributed by atoms with Crippen molar-refractivity contribution in [2.45, 2.75) is 23.9 Å². The molecule has 0 spiro atoms. The molecule has 0 atom stereocenters. The summed E-state index contributed by atoms with van der Waals surface area (Å²) in [6.45, 7) is 0. The fourth-order valence-corrected chi connectivity index (χ4v) is 4.04. The van der Waals surface area contributed by atoms with Gasteiger partial charge in [0.15, 0.2) is 5.65 Å². The van der Waals surface area contributed by atoms with E-state index in [2.05, 4.69) is 25.7 Å². The molecule has 0 saturated heterocycles. The summed E-state index contributed by atoms with van der Waals surface area (Å²) in [6, 6.07) is 13.1. The maximum Gasteiger partial charge on any atom is 0.251 e. The Morgan fingerprint density at radius 3 is 2.73 bits per heavy atom. The van der Waals surface area contributed by atoms with Crippen LogP contribution in [0.5, 0.6) is 0 Å². The Bertz CT molecular complexity index is 1340. The quantitative estimate of drug-likeness (QED) is 0.322. The number of aromatic nitrogens is 4. The minimum absolute atomic E-state index is 0.117. The van der Waals surface area contributed by atoms with E-state index in [1.54, 1.807) is 47.3 Å². The number of benzene rings is 2. The van der Waals surface area contributed by atoms with Crippen molar-refractivity contribution in [2.24, 2.45) is 0 Å². The minimum Gasteiger partial charge on any atom is -0.349 e. The van der Waals surface area contributed by atoms with Gasteiger partial charge in [0.25, 0.3) is 5.91 Å². The molecule has 8 nitrogen and oxygen atoms in total. The third kappa shape index (κ3) is 4.85. The summed E-state index contributed by atoms with van der Waals surface area (Å²) in [5.41, 5.74) is 2.30. The Morgan fingerprint density at radius 2 is 1.94 bits per heavy atom. The van der Waals surface area contributed by atoms with Crippen LogP contribution < -0.4 is 10.6 Å². The Hall–Kier alpha value is -3.79. The van der Waals surface area contributed by atoms with Crippen molar-refractivity contribution in [1.29, 1.82) is 0 Å². The van der Waals surface area contributed by atoms with Gasteiger partial charge in [0.1, 0.15) is 17.2 Å². The molecule has 10 heteroatoms. The Labute approximate surface area is 192 Å². The van der Waals surface area contributed by atoms with Gasteiger partial charge in [-0.15, -0.1) is 0 Å². The third-order valence-electron chi connectivity index (χ3n) is 5.06. The number of thioether (sulfide) groups is 1. The predicted octanol–water partition coefficient (Wildman–Crippen LogP) is 3.58. The van der Waals surface area contributed by atoms with E-state index in [9.17, 15) is 14.0 Å². The van der Waals surface area contributed by atoms with Gasteiger partial charge in [-0.05, 0) is 55.3 Å². The van der Waals surface area contributed by atoms with Crippen molar-refractivity contribution in [3.63, 3.8) is 0 Å². The summed E-state index contributed by atoms with van der Waals surface area (Å²) < 4.78 is 14.8. The van der Waals surface area contributed by atoms with Crippen molar-refractivity contribution in [3.8, 4) is 5.69 Å². The van der Waals surface area contributed by atoms with E-state index in [0.717, 1.165) is 12.8 Å². The number of nitrogens with one attached hydrogen (secondary N) is 2. The maximum atomic E-state index is 13.2. The van der Waals surface area contributed by atoms with Gasteiger partial charge in [-0.1, -0.05) is 17.8 Å². The van der Waals surface area contributed by atoms with Gasteiger partial charge in [-0.2, -0.15) is 5.10 Å². The molecule has 0 unspecified atom stereocenters. The molecule has 2 N–H and O–H groups in total. The van der Waals surface area contributed by atoms with Crippen LogP contribution >= 0.6 is 11.8 Å². The summed E-state index contributed by atoms with van der Waals surface area (Å²) in [5.74, 6) is -0.574. The SMILES string of the molecule is O=C(CSc1ncnc2c1cnn2-c1ccc(F)cc1)Nc1cccc(C(=O)NC2CC2)c1. The largest absolute Gasteiger partial charge is 0.349 e. The van der Waals surface area contributed by atoms with Crippen LogP contribution in [0.25, 0.3) is 16.7 Å². The number of halogens is 1. The maximum absolute atomic E-state index is 13.2. The van der Waals surface area contributed by atoms with Gasteiger partial charge in [0, 0.05) is 17.3 Å². The molecular weight excluding hydrogens is 443 g/mol. The Kier molecular flexibility index (Phi) is 5.74. The lowest BCUT2D eigenvalue weighted by Gasteiger charge is -2.08. The second kappa shape index (κ2) is 8.99. The molecule has 2 aromatic carbocycles. The highest BCUT2D eigenvalue weighted by Gasteiger charge is 2.23. The summed E-state index contributed by atoms with van der Waals surface area (Å²) in [6.07, 6.45) is 5.06. The second-order valence-corrected chi connectivity index (χ2v) is 8.58. The standard InChI is InChI=1S/C23H19FN6O2S/c24-15-4-8-18(9-5-15)30-21-19(11-27-30)23(26-13-25-21)33-12-20(31)28-17-3-1-2-14(10-17)22(32)29-16-6-7-16/h1-5,8-11,13,16H,6-7,12H2,(H,28,31)(H,29,32). The zero-order valence-corrected chi connectivity index (χ0v) is 18.2. The lowest BCUT2D eigenvalue weighted by atomic mass is 10.2. The highest BCUT2D eigenvalue weighted by Crippen LogP contribution is 2.26. The van der Waals surface area contributed by atoms with Gasteiger partial charge in [0.2, 0.25) is 5.91 Å². The molecule has 4 aromatic rings. The first-order chi connectivity index (χ1) is 16.1. The molecule has 2 amide bonds. The van der Waals surface area contributed by atoms with E-state index in [0.29, 0.717) is 33.0 Å². The molecule has 33 heavy (non-hydrogen) atoms. The molecular formula is C23H19FN6O2S. The van der Waals surface area contributed by atoms with E-state index >= 15 is 0 Å². The van der Waals surface area contributed by atoms with Crippen LogP contribution in [0.15, 0.2) is 66.1 Å². The van der Waals surface area contributed by atoms with Crippen LogP contribution in [0.4, 0.5) is 10.1 Å². The number of nitrogens with zero attached hydrogens (tertiary/aromatic N) is 4. The van der Waals surface area contributed by atoms with Crippen LogP contribution in [0.3, 0.4) is 0 Å². The molecule has 0 aliphatic heterocycles. The van der Waals surface area contributed by atoms with Gasteiger partial charge in [0.05, 0.1) is 23.0 Å². The highest BCUT2D eigenvalue weighted by molar-refractivity contribution is 8.00. The van der Waals surface area contributed by atoms with Crippen LogP contribution in [-0.2, 0) is 4.79 Å². The fourth-order valence-electron chi connectivity index (χ4n) is 3.27. The summed E-state index contributed by atoms with van der Waals surface area (Å²) >= 11 is 1.26. The van der Waals surface area contributed by atoms with E-state index in [1.807, 2.05) is 0 Å². The zero-order chi connectivity index (χ0) is 22.8. The molecule has 0 bridgehead atoms. The first-order valence-corrected chi connectivity index (χ1v) is 11.3. The first-order valence-electron chi connectivity index (χ1n) is 10.3. The summed E-state index contributed by atoms with van der Waals surface area (Å²) in [4.78, 5) is 33.3. The highest BCUT2D eigenvalue weighted by atomic mass is 32.2. The van der Waals surface area contributed by atoms with Gasteiger partial charge in [-0.25, -0.2) is 19.0 Å². The molecule has 2 aromatic heterocycles. The lowest BCUT2D eigenvalue weighted by molar-refractivity contribution is -0.113. The molecule has 5 rings (SSSR count). The number of hydrogen-bond donors (Lipinski definition) is 2. The average molecular weight is 463 g/mol. The Morgan fingerprint density at radius 1 is 1.12 bits per heavy atom. The number of carbonyl (C=O) groups excluding carboxylic acids is 2. The summed E-state index contributed by atoms with van der Waals surface area (Å²) in [5, 5.41) is 11.4. The molecule has 1 saturated carbocycles. The van der Waals surface area contributed by atoms with Crippen molar-refractivity contribution < 1.29 is 14.0 Å². The first kappa shape index (κ1) is 21.1. The lowest BCUT2D eigenvalue weighted by Crippen LogP contribution is -2.25. The fraction of sp³-hybridized carbons (Fsp3) is 0.174. The Balaban J connectivity index is 1.26. The van der Waals surface area contributed by atoms with Crippen LogP contribution in [-0.4, -0.2) is 43.4 Å². The van der Waals surface area contributed by atoms with Crippen LogP contribution in [0.1, 0.15) is 23.2 Å². The molecule has 1 aliphatic rings. The molecule has 1 aliphatic carbocycles. The smallest absolute Gasteiger partial charge is 0.251 e. The normalized spacial score (nSPS) is 13.1. The number of anilines is 1. The van der Waals surface area contributed by atoms with Crippen LogP contribution in [0.2, 0.25) is 0 Å². The van der Waals surface area contributed by atoms with Crippen molar-refractivity contribution >= 4 is 40.3 Å². The number of amides is 2. The van der Waals surface area contributed by atoms with Crippen molar-refractivity contribution in [2.75, 3.05) is 11.1 Å². The minimum atomic E-state index is -0.332. The zero-order valence-electron chi connectivity index (χ0n) is 17.4. The van der Waals surface area contributed by atoms with Gasteiger partial charge < -0.3 is 10.6 Å².